The van der Waals surface area contributed by atoms with Gasteiger partial charge in [0, 0.05) is 35.5 Å². The van der Waals surface area contributed by atoms with E-state index in [0.717, 1.165) is 29.5 Å². The zero-order valence-corrected chi connectivity index (χ0v) is 19.9. The van der Waals surface area contributed by atoms with Crippen LogP contribution in [-0.2, 0) is 0 Å². The number of nitrogens with one attached hydrogen (secondary N) is 2. The van der Waals surface area contributed by atoms with Gasteiger partial charge in [-0.1, -0.05) is 36.8 Å². The summed E-state index contributed by atoms with van der Waals surface area (Å²) < 4.78 is 0. The third-order valence-corrected chi connectivity index (χ3v) is 6.40. The average Bonchev–Trinajstić information content (AvgIpc) is 2.88. The topological polar surface area (TPSA) is 98.7 Å². The number of benzene rings is 3. The summed E-state index contributed by atoms with van der Waals surface area (Å²) in [6.45, 7) is 5.57. The van der Waals surface area contributed by atoms with Gasteiger partial charge >= 0.3 is 0 Å². The van der Waals surface area contributed by atoms with Gasteiger partial charge in [0.15, 0.2) is 0 Å². The fourth-order valence-electron chi connectivity index (χ4n) is 4.17. The summed E-state index contributed by atoms with van der Waals surface area (Å²) >= 11 is 0. The van der Waals surface area contributed by atoms with Gasteiger partial charge in [0.2, 0.25) is 0 Å². The van der Waals surface area contributed by atoms with Crippen molar-refractivity contribution in [1.29, 1.82) is 0 Å². The molecule has 180 valence electrons. The fraction of sp³-hybridized carbons (Fsp3) is 0.250. The van der Waals surface area contributed by atoms with Crippen molar-refractivity contribution in [3.8, 4) is 11.1 Å². The molecule has 7 nitrogen and oxygen atoms in total. The first kappa shape index (κ1) is 24.2. The number of hydrogen-bond donors (Lipinski definition) is 3. The number of carbonyl (C=O) groups is 3. The maximum atomic E-state index is 13.4. The monoisotopic (exact) mass is 471 g/mol. The van der Waals surface area contributed by atoms with Crippen LogP contribution in [0.25, 0.3) is 11.1 Å². The van der Waals surface area contributed by atoms with Crippen LogP contribution < -0.4 is 10.8 Å². The molecule has 3 aromatic carbocycles. The normalized spacial score (nSPS) is 13.9. The maximum Gasteiger partial charge on any atom is 0.274 e. The summed E-state index contributed by atoms with van der Waals surface area (Å²) in [6, 6.07) is 19.3. The summed E-state index contributed by atoms with van der Waals surface area (Å²) in [6.07, 6.45) is 1.94. The molecule has 3 aromatic rings. The number of rotatable bonds is 5. The largest absolute Gasteiger partial charge is 0.339 e. The van der Waals surface area contributed by atoms with E-state index >= 15 is 0 Å². The van der Waals surface area contributed by atoms with Gasteiger partial charge in [0.1, 0.15) is 0 Å². The van der Waals surface area contributed by atoms with E-state index in [1.54, 1.807) is 47.9 Å². The molecular weight excluding hydrogens is 442 g/mol. The fourth-order valence-corrected chi connectivity index (χ4v) is 4.17. The smallest absolute Gasteiger partial charge is 0.274 e. The summed E-state index contributed by atoms with van der Waals surface area (Å²) in [5, 5.41) is 11.8. The number of hydrogen-bond acceptors (Lipinski definition) is 4. The highest BCUT2D eigenvalue weighted by molar-refractivity contribution is 6.06. The van der Waals surface area contributed by atoms with Crippen LogP contribution in [0.1, 0.15) is 56.4 Å². The molecule has 1 heterocycles. The summed E-state index contributed by atoms with van der Waals surface area (Å²) in [5.41, 5.74) is 6.02. The number of nitrogens with zero attached hydrogens (tertiary/aromatic N) is 1. The molecule has 0 radical (unpaired) electrons. The SMILES string of the molecule is Cc1ccc(C(=O)Nc2cc(C(=O)N3CCC(C)CC3)cc(-c3ccc(C(=O)NO)cc3)c2)cc1. The first-order valence-corrected chi connectivity index (χ1v) is 11.7. The highest BCUT2D eigenvalue weighted by Gasteiger charge is 2.22. The Bertz CT molecular complexity index is 1230. The van der Waals surface area contributed by atoms with Gasteiger partial charge in [0.05, 0.1) is 0 Å². The molecule has 0 unspecified atom stereocenters. The Morgan fingerprint density at radius 1 is 0.800 bits per heavy atom. The predicted octanol–water partition coefficient (Wildman–Crippen LogP) is 4.91. The lowest BCUT2D eigenvalue weighted by Gasteiger charge is -2.30. The van der Waals surface area contributed by atoms with Crippen molar-refractivity contribution in [2.24, 2.45) is 5.92 Å². The van der Waals surface area contributed by atoms with Crippen LogP contribution in [0.15, 0.2) is 66.7 Å². The molecule has 0 saturated carbocycles. The first-order chi connectivity index (χ1) is 16.8. The van der Waals surface area contributed by atoms with Gasteiger partial charge in [-0.3, -0.25) is 19.6 Å². The average molecular weight is 472 g/mol. The summed E-state index contributed by atoms with van der Waals surface area (Å²) in [4.78, 5) is 39.8. The first-order valence-electron chi connectivity index (χ1n) is 11.7. The second-order valence-corrected chi connectivity index (χ2v) is 9.11. The van der Waals surface area contributed by atoms with E-state index in [1.807, 2.05) is 36.1 Å². The summed E-state index contributed by atoms with van der Waals surface area (Å²) in [7, 11) is 0. The zero-order chi connectivity index (χ0) is 24.9. The molecule has 1 aliphatic rings. The molecule has 1 fully saturated rings. The van der Waals surface area contributed by atoms with E-state index in [-0.39, 0.29) is 11.8 Å². The van der Waals surface area contributed by atoms with Gasteiger partial charge in [-0.05, 0) is 79.3 Å². The zero-order valence-electron chi connectivity index (χ0n) is 19.9. The predicted molar refractivity (Wildman–Crippen MR) is 135 cm³/mol. The molecule has 3 amide bonds. The standard InChI is InChI=1S/C28H29N3O4/c1-18-3-5-21(6-4-18)26(32)29-25-16-23(20-7-9-22(10-8-20)27(33)30-35)15-24(17-25)28(34)31-13-11-19(2)12-14-31/h3-10,15-17,19,35H,11-14H2,1-2H3,(H,29,32)(H,30,33). The number of carbonyl (C=O) groups excluding carboxylic acids is 3. The Hall–Kier alpha value is -3.97. The second-order valence-electron chi connectivity index (χ2n) is 9.11. The Balaban J connectivity index is 1.67. The number of amides is 3. The van der Waals surface area contributed by atoms with Crippen molar-refractivity contribution in [2.45, 2.75) is 26.7 Å². The van der Waals surface area contributed by atoms with Gasteiger partial charge < -0.3 is 10.2 Å². The molecule has 0 bridgehead atoms. The number of anilines is 1. The maximum absolute atomic E-state index is 13.4. The van der Waals surface area contributed by atoms with E-state index in [4.69, 9.17) is 5.21 Å². The molecule has 4 rings (SSSR count). The van der Waals surface area contributed by atoms with Gasteiger partial charge in [-0.25, -0.2) is 5.48 Å². The molecule has 0 aromatic heterocycles. The van der Waals surface area contributed by atoms with Crippen LogP contribution in [0.2, 0.25) is 0 Å². The third kappa shape index (κ3) is 5.75. The van der Waals surface area contributed by atoms with Crippen LogP contribution in [0, 0.1) is 12.8 Å². The molecule has 0 spiro atoms. The molecule has 0 aliphatic carbocycles. The molecule has 7 heteroatoms. The van der Waals surface area contributed by atoms with Crippen LogP contribution in [0.4, 0.5) is 5.69 Å². The number of piperidine rings is 1. The highest BCUT2D eigenvalue weighted by atomic mass is 16.5. The van der Waals surface area contributed by atoms with Crippen molar-refractivity contribution in [3.63, 3.8) is 0 Å². The van der Waals surface area contributed by atoms with Crippen LogP contribution in [0.3, 0.4) is 0 Å². The van der Waals surface area contributed by atoms with E-state index in [0.29, 0.717) is 41.4 Å². The third-order valence-electron chi connectivity index (χ3n) is 6.40. The van der Waals surface area contributed by atoms with Gasteiger partial charge in [0.25, 0.3) is 17.7 Å². The van der Waals surface area contributed by atoms with Crippen molar-refractivity contribution in [3.05, 3.63) is 89.0 Å². The molecule has 1 aliphatic heterocycles. The lowest BCUT2D eigenvalue weighted by molar-refractivity contribution is 0.0694. The van der Waals surface area contributed by atoms with Crippen molar-refractivity contribution < 1.29 is 19.6 Å². The Labute approximate surface area is 204 Å². The molecular formula is C28H29N3O4. The molecule has 1 saturated heterocycles. The lowest BCUT2D eigenvalue weighted by Crippen LogP contribution is -2.37. The Morgan fingerprint density at radius 3 is 2.03 bits per heavy atom. The number of hydroxylamine groups is 1. The van der Waals surface area contributed by atoms with Gasteiger partial charge in [-0.15, -0.1) is 0 Å². The van der Waals surface area contributed by atoms with Crippen LogP contribution >= 0.6 is 0 Å². The van der Waals surface area contributed by atoms with Crippen molar-refractivity contribution >= 4 is 23.4 Å². The van der Waals surface area contributed by atoms with Crippen LogP contribution in [0.5, 0.6) is 0 Å². The minimum atomic E-state index is -0.606. The van der Waals surface area contributed by atoms with E-state index in [9.17, 15) is 14.4 Å². The van der Waals surface area contributed by atoms with E-state index in [1.165, 1.54) is 0 Å². The van der Waals surface area contributed by atoms with Crippen molar-refractivity contribution in [1.82, 2.24) is 10.4 Å². The van der Waals surface area contributed by atoms with E-state index in [2.05, 4.69) is 12.2 Å². The van der Waals surface area contributed by atoms with Crippen LogP contribution in [-0.4, -0.2) is 40.9 Å². The number of aryl methyl sites for hydroxylation is 1. The summed E-state index contributed by atoms with van der Waals surface area (Å²) in [5.74, 6) is -0.335. The minimum absolute atomic E-state index is 0.0686. The second kappa shape index (κ2) is 10.5. The molecule has 3 N–H and O–H groups in total. The Kier molecular flexibility index (Phi) is 7.27. The minimum Gasteiger partial charge on any atom is -0.339 e. The number of likely N-dealkylation sites (tertiary alicyclic amines) is 1. The molecule has 35 heavy (non-hydrogen) atoms. The van der Waals surface area contributed by atoms with Crippen molar-refractivity contribution in [2.75, 3.05) is 18.4 Å². The van der Waals surface area contributed by atoms with E-state index < -0.39 is 5.91 Å². The highest BCUT2D eigenvalue weighted by Crippen LogP contribution is 2.28. The lowest BCUT2D eigenvalue weighted by atomic mass is 9.97. The van der Waals surface area contributed by atoms with Gasteiger partial charge in [-0.2, -0.15) is 0 Å². The molecule has 0 atom stereocenters. The Morgan fingerprint density at radius 2 is 1.40 bits per heavy atom. The quantitative estimate of drug-likeness (QED) is 0.364.